The molecule has 31 heavy (non-hydrogen) atoms. The Labute approximate surface area is 185 Å². The van der Waals surface area contributed by atoms with E-state index in [1.54, 1.807) is 41.1 Å². The lowest BCUT2D eigenvalue weighted by atomic mass is 10.1. The van der Waals surface area contributed by atoms with Gasteiger partial charge >= 0.3 is 0 Å². The van der Waals surface area contributed by atoms with Crippen molar-refractivity contribution in [1.82, 2.24) is 9.78 Å². The fraction of sp³-hybridized carbons (Fsp3) is 0.160. The number of hydrogen-bond donors (Lipinski definition) is 0. The fourth-order valence-corrected chi connectivity index (χ4v) is 3.53. The molecule has 0 saturated heterocycles. The van der Waals surface area contributed by atoms with Crippen molar-refractivity contribution in [2.75, 3.05) is 13.2 Å². The van der Waals surface area contributed by atoms with Crippen molar-refractivity contribution in [3.05, 3.63) is 89.7 Å². The van der Waals surface area contributed by atoms with E-state index < -0.39 is 0 Å². The lowest BCUT2D eigenvalue weighted by Crippen LogP contribution is -2.11. The van der Waals surface area contributed by atoms with Crippen LogP contribution in [0.15, 0.2) is 78.9 Å². The Hall–Kier alpha value is -3.31. The summed E-state index contributed by atoms with van der Waals surface area (Å²) in [7, 11) is 0. The number of hydrogen-bond acceptors (Lipinski definition) is 3. The van der Waals surface area contributed by atoms with Gasteiger partial charge in [0.2, 0.25) is 5.88 Å². The van der Waals surface area contributed by atoms with Crippen LogP contribution < -0.4 is 9.47 Å². The van der Waals surface area contributed by atoms with Gasteiger partial charge in [0.1, 0.15) is 18.2 Å². The summed E-state index contributed by atoms with van der Waals surface area (Å²) in [5.41, 5.74) is 3.07. The highest BCUT2D eigenvalue weighted by atomic mass is 35.5. The molecule has 0 spiro atoms. The number of benzene rings is 3. The third kappa shape index (κ3) is 4.89. The predicted octanol–water partition coefficient (Wildman–Crippen LogP) is 6.49. The Morgan fingerprint density at radius 1 is 0.903 bits per heavy atom. The average Bonchev–Trinajstić information content (AvgIpc) is 3.19. The highest BCUT2D eigenvalue weighted by Crippen LogP contribution is 2.31. The monoisotopic (exact) mass is 436 g/mol. The topological polar surface area (TPSA) is 36.3 Å². The standard InChI is InChI=1S/C25H22ClFN2O2/c1-2-30-25-17-23(18-8-4-3-5-9-18)28-29(25)14-15-31-24-13-12-19(16-21(24)26)20-10-6-7-11-22(20)27/h3-13,16-17H,2,14-15H2,1H3. The predicted molar refractivity (Wildman–Crippen MR) is 121 cm³/mol. The molecule has 4 nitrogen and oxygen atoms in total. The van der Waals surface area contributed by atoms with Gasteiger partial charge in [0.05, 0.1) is 23.9 Å². The van der Waals surface area contributed by atoms with E-state index in [2.05, 4.69) is 5.10 Å². The molecule has 0 unspecified atom stereocenters. The van der Waals surface area contributed by atoms with Crippen molar-refractivity contribution in [3.8, 4) is 34.0 Å². The van der Waals surface area contributed by atoms with Gasteiger partial charge in [-0.3, -0.25) is 0 Å². The first-order valence-electron chi connectivity index (χ1n) is 10.1. The SMILES string of the molecule is CCOc1cc(-c2ccccc2)nn1CCOc1ccc(-c2ccccc2F)cc1Cl. The van der Waals surface area contributed by atoms with Crippen molar-refractivity contribution in [2.24, 2.45) is 0 Å². The van der Waals surface area contributed by atoms with Crippen LogP contribution in [0.1, 0.15) is 6.92 Å². The molecule has 1 heterocycles. The van der Waals surface area contributed by atoms with Crippen LogP contribution in [0.3, 0.4) is 0 Å². The van der Waals surface area contributed by atoms with Gasteiger partial charge in [0.15, 0.2) is 0 Å². The van der Waals surface area contributed by atoms with Crippen molar-refractivity contribution >= 4 is 11.6 Å². The minimum Gasteiger partial charge on any atom is -0.490 e. The highest BCUT2D eigenvalue weighted by molar-refractivity contribution is 6.32. The Balaban J connectivity index is 1.46. The zero-order valence-electron chi connectivity index (χ0n) is 17.1. The third-order valence-corrected chi connectivity index (χ3v) is 5.08. The Morgan fingerprint density at radius 2 is 1.68 bits per heavy atom. The second-order valence-corrected chi connectivity index (χ2v) is 7.27. The number of aromatic nitrogens is 2. The van der Waals surface area contributed by atoms with Crippen LogP contribution in [0.5, 0.6) is 11.6 Å². The molecule has 0 atom stereocenters. The van der Waals surface area contributed by atoms with E-state index in [1.807, 2.05) is 43.3 Å². The molecule has 0 N–H and O–H groups in total. The second kappa shape index (κ2) is 9.67. The summed E-state index contributed by atoms with van der Waals surface area (Å²) in [6, 6.07) is 23.7. The molecular weight excluding hydrogens is 415 g/mol. The molecule has 4 rings (SSSR count). The Kier molecular flexibility index (Phi) is 6.53. The summed E-state index contributed by atoms with van der Waals surface area (Å²) < 4.78 is 27.4. The molecule has 0 amide bonds. The second-order valence-electron chi connectivity index (χ2n) is 6.86. The maximum absolute atomic E-state index is 14.0. The van der Waals surface area contributed by atoms with E-state index in [0.29, 0.717) is 47.5 Å². The molecule has 0 aliphatic carbocycles. The zero-order valence-corrected chi connectivity index (χ0v) is 17.8. The summed E-state index contributed by atoms with van der Waals surface area (Å²) in [5, 5.41) is 5.08. The summed E-state index contributed by atoms with van der Waals surface area (Å²) in [6.45, 7) is 3.33. The van der Waals surface area contributed by atoms with Gasteiger partial charge in [-0.25, -0.2) is 9.07 Å². The van der Waals surface area contributed by atoms with Gasteiger partial charge in [-0.05, 0) is 30.7 Å². The number of halogens is 2. The fourth-order valence-electron chi connectivity index (χ4n) is 3.30. The normalized spacial score (nSPS) is 10.8. The third-order valence-electron chi connectivity index (χ3n) is 4.78. The Morgan fingerprint density at radius 3 is 2.42 bits per heavy atom. The van der Waals surface area contributed by atoms with E-state index in [4.69, 9.17) is 21.1 Å². The molecule has 158 valence electrons. The summed E-state index contributed by atoms with van der Waals surface area (Å²) in [6.07, 6.45) is 0. The molecule has 0 aliphatic heterocycles. The largest absolute Gasteiger partial charge is 0.490 e. The Bertz CT molecular complexity index is 1160. The van der Waals surface area contributed by atoms with Gasteiger partial charge in [-0.2, -0.15) is 5.10 Å². The lowest BCUT2D eigenvalue weighted by molar-refractivity contribution is 0.260. The van der Waals surface area contributed by atoms with Crippen LogP contribution >= 0.6 is 11.6 Å². The first-order valence-corrected chi connectivity index (χ1v) is 10.5. The van der Waals surface area contributed by atoms with Crippen LogP contribution in [0.25, 0.3) is 22.4 Å². The molecule has 0 fully saturated rings. The number of ether oxygens (including phenoxy) is 2. The molecule has 4 aromatic rings. The van der Waals surface area contributed by atoms with Gasteiger partial charge in [0, 0.05) is 17.2 Å². The summed E-state index contributed by atoms with van der Waals surface area (Å²) >= 11 is 6.38. The first kappa shape index (κ1) is 20.9. The van der Waals surface area contributed by atoms with Crippen molar-refractivity contribution in [3.63, 3.8) is 0 Å². The first-order chi connectivity index (χ1) is 15.2. The average molecular weight is 437 g/mol. The van der Waals surface area contributed by atoms with Crippen molar-refractivity contribution in [1.29, 1.82) is 0 Å². The molecule has 6 heteroatoms. The maximum atomic E-state index is 14.0. The molecule has 3 aromatic carbocycles. The molecule has 0 radical (unpaired) electrons. The van der Waals surface area contributed by atoms with E-state index >= 15 is 0 Å². The van der Waals surface area contributed by atoms with Gasteiger partial charge < -0.3 is 9.47 Å². The molecule has 0 saturated carbocycles. The minimum atomic E-state index is -0.288. The van der Waals surface area contributed by atoms with Gasteiger partial charge in [0.25, 0.3) is 0 Å². The van der Waals surface area contributed by atoms with Crippen LogP contribution in [0.4, 0.5) is 4.39 Å². The quantitative estimate of drug-likeness (QED) is 0.317. The van der Waals surface area contributed by atoms with Crippen LogP contribution in [0.2, 0.25) is 5.02 Å². The number of rotatable bonds is 8. The molecule has 0 aliphatic rings. The highest BCUT2D eigenvalue weighted by Gasteiger charge is 2.12. The lowest BCUT2D eigenvalue weighted by Gasteiger charge is -2.11. The van der Waals surface area contributed by atoms with Gasteiger partial charge in [-0.15, -0.1) is 0 Å². The van der Waals surface area contributed by atoms with Crippen LogP contribution in [-0.4, -0.2) is 23.0 Å². The van der Waals surface area contributed by atoms with E-state index in [0.717, 1.165) is 11.3 Å². The van der Waals surface area contributed by atoms with E-state index in [9.17, 15) is 4.39 Å². The van der Waals surface area contributed by atoms with Crippen LogP contribution in [0, 0.1) is 5.82 Å². The minimum absolute atomic E-state index is 0.288. The summed E-state index contributed by atoms with van der Waals surface area (Å²) in [5.74, 6) is 0.935. The zero-order chi connectivity index (χ0) is 21.6. The smallest absolute Gasteiger partial charge is 0.212 e. The van der Waals surface area contributed by atoms with Crippen molar-refractivity contribution in [2.45, 2.75) is 13.5 Å². The van der Waals surface area contributed by atoms with Crippen LogP contribution in [-0.2, 0) is 6.54 Å². The maximum Gasteiger partial charge on any atom is 0.212 e. The van der Waals surface area contributed by atoms with Gasteiger partial charge in [-0.1, -0.05) is 66.2 Å². The van der Waals surface area contributed by atoms with E-state index in [1.165, 1.54) is 6.07 Å². The molecular formula is C25H22ClFN2O2. The molecule has 0 bridgehead atoms. The molecule has 1 aromatic heterocycles. The van der Waals surface area contributed by atoms with Crippen molar-refractivity contribution < 1.29 is 13.9 Å². The number of nitrogens with zero attached hydrogens (tertiary/aromatic N) is 2. The van der Waals surface area contributed by atoms with E-state index in [-0.39, 0.29) is 5.82 Å². The summed E-state index contributed by atoms with van der Waals surface area (Å²) in [4.78, 5) is 0.